The summed E-state index contributed by atoms with van der Waals surface area (Å²) < 4.78 is 0. The van der Waals surface area contributed by atoms with Crippen LogP contribution in [0.15, 0.2) is 12.2 Å². The highest BCUT2D eigenvalue weighted by molar-refractivity contribution is 4.97. The van der Waals surface area contributed by atoms with E-state index >= 15 is 0 Å². The van der Waals surface area contributed by atoms with E-state index < -0.39 is 0 Å². The fraction of sp³-hybridized carbons (Fsp3) is 0.571. The van der Waals surface area contributed by atoms with Crippen molar-refractivity contribution in [2.75, 3.05) is 6.54 Å². The monoisotopic (exact) mass is 110 g/mol. The van der Waals surface area contributed by atoms with Crippen LogP contribution in [0, 0.1) is 6.92 Å². The van der Waals surface area contributed by atoms with Crippen LogP contribution in [0.4, 0.5) is 0 Å². The van der Waals surface area contributed by atoms with Gasteiger partial charge < -0.3 is 5.32 Å². The van der Waals surface area contributed by atoms with Crippen LogP contribution in [0.3, 0.4) is 0 Å². The lowest BCUT2D eigenvalue weighted by atomic mass is 10.1. The van der Waals surface area contributed by atoms with Gasteiger partial charge in [-0.3, -0.25) is 0 Å². The second kappa shape index (κ2) is 2.88. The molecule has 1 rings (SSSR count). The van der Waals surface area contributed by atoms with Gasteiger partial charge in [-0.05, 0) is 19.4 Å². The van der Waals surface area contributed by atoms with E-state index in [0.717, 1.165) is 13.0 Å². The van der Waals surface area contributed by atoms with E-state index in [9.17, 15) is 0 Å². The molecule has 1 aliphatic heterocycles. The first-order chi connectivity index (χ1) is 3.93. The molecule has 1 heteroatoms. The summed E-state index contributed by atoms with van der Waals surface area (Å²) in [6.45, 7) is 4.92. The molecule has 0 fully saturated rings. The average Bonchev–Trinajstić information content (AvgIpc) is 1.90. The molecule has 1 N–H and O–H groups in total. The van der Waals surface area contributed by atoms with Crippen LogP contribution in [0.2, 0.25) is 0 Å². The maximum absolute atomic E-state index is 3.80. The van der Waals surface area contributed by atoms with Crippen molar-refractivity contribution in [2.45, 2.75) is 18.9 Å². The van der Waals surface area contributed by atoms with Crippen LogP contribution in [0.1, 0.15) is 12.8 Å². The van der Waals surface area contributed by atoms with E-state index in [1.54, 1.807) is 0 Å². The van der Waals surface area contributed by atoms with E-state index in [-0.39, 0.29) is 0 Å². The molecule has 1 aliphatic rings. The van der Waals surface area contributed by atoms with Gasteiger partial charge in [-0.25, -0.2) is 0 Å². The molecule has 1 atom stereocenters. The summed E-state index contributed by atoms with van der Waals surface area (Å²) in [6, 6.07) is 0.545. The van der Waals surface area contributed by atoms with Gasteiger partial charge in [-0.2, -0.15) is 0 Å². The van der Waals surface area contributed by atoms with E-state index in [1.165, 1.54) is 6.42 Å². The van der Waals surface area contributed by atoms with Crippen molar-refractivity contribution in [3.8, 4) is 0 Å². The molecule has 1 unspecified atom stereocenters. The molecular formula is C7H12N. The summed E-state index contributed by atoms with van der Waals surface area (Å²) in [7, 11) is 0. The van der Waals surface area contributed by atoms with Crippen molar-refractivity contribution in [3.05, 3.63) is 19.1 Å². The Balaban J connectivity index is 2.32. The standard InChI is InChI=1S/C7H12N/c1-2-7-5-3-4-6-8-7/h3,5,7-8H,1-2,4,6H2. The molecule has 0 amide bonds. The van der Waals surface area contributed by atoms with E-state index in [1.807, 2.05) is 0 Å². The van der Waals surface area contributed by atoms with Crippen LogP contribution in [-0.4, -0.2) is 12.6 Å². The van der Waals surface area contributed by atoms with Crippen molar-refractivity contribution < 1.29 is 0 Å². The number of rotatable bonds is 1. The molecule has 0 aromatic carbocycles. The largest absolute Gasteiger partial charge is 0.310 e. The maximum atomic E-state index is 3.80. The van der Waals surface area contributed by atoms with Gasteiger partial charge in [-0.1, -0.05) is 19.1 Å². The van der Waals surface area contributed by atoms with Crippen LogP contribution in [-0.2, 0) is 0 Å². The molecule has 0 bridgehead atoms. The molecule has 0 aromatic heterocycles. The Morgan fingerprint density at radius 1 is 1.75 bits per heavy atom. The summed E-state index contributed by atoms with van der Waals surface area (Å²) in [5.41, 5.74) is 0. The fourth-order valence-corrected chi connectivity index (χ4v) is 0.879. The second-order valence-electron chi connectivity index (χ2n) is 2.07. The molecule has 0 aliphatic carbocycles. The summed E-state index contributed by atoms with van der Waals surface area (Å²) in [5, 5.41) is 3.32. The predicted octanol–water partition coefficient (Wildman–Crippen LogP) is 1.13. The van der Waals surface area contributed by atoms with Gasteiger partial charge in [0.25, 0.3) is 0 Å². The van der Waals surface area contributed by atoms with Crippen molar-refractivity contribution >= 4 is 0 Å². The van der Waals surface area contributed by atoms with Gasteiger partial charge in [0.2, 0.25) is 0 Å². The number of hydrogen-bond donors (Lipinski definition) is 1. The predicted molar refractivity (Wildman–Crippen MR) is 35.5 cm³/mol. The fourth-order valence-electron chi connectivity index (χ4n) is 0.879. The smallest absolute Gasteiger partial charge is 0.0250 e. The third-order valence-corrected chi connectivity index (χ3v) is 1.40. The molecule has 45 valence electrons. The second-order valence-corrected chi connectivity index (χ2v) is 2.07. The highest BCUT2D eigenvalue weighted by Gasteiger charge is 2.01. The molecule has 0 spiro atoms. The van der Waals surface area contributed by atoms with Gasteiger partial charge in [0.15, 0.2) is 0 Å². The molecule has 1 radical (unpaired) electrons. The zero-order valence-corrected chi connectivity index (χ0v) is 5.06. The van der Waals surface area contributed by atoms with Crippen molar-refractivity contribution in [2.24, 2.45) is 0 Å². The van der Waals surface area contributed by atoms with Crippen molar-refractivity contribution in [3.63, 3.8) is 0 Å². The van der Waals surface area contributed by atoms with E-state index in [2.05, 4.69) is 24.4 Å². The first kappa shape index (κ1) is 5.83. The highest BCUT2D eigenvalue weighted by Crippen LogP contribution is 1.98. The van der Waals surface area contributed by atoms with Crippen LogP contribution in [0.5, 0.6) is 0 Å². The van der Waals surface area contributed by atoms with Crippen molar-refractivity contribution in [1.29, 1.82) is 0 Å². The van der Waals surface area contributed by atoms with Gasteiger partial charge in [0.05, 0.1) is 0 Å². The van der Waals surface area contributed by atoms with Gasteiger partial charge >= 0.3 is 0 Å². The molecule has 0 saturated carbocycles. The Kier molecular flexibility index (Phi) is 2.10. The SMILES string of the molecule is [CH2]CC1C=CCCN1. The zero-order chi connectivity index (χ0) is 5.82. The zero-order valence-electron chi connectivity index (χ0n) is 5.06. The Labute approximate surface area is 50.8 Å². The summed E-state index contributed by atoms with van der Waals surface area (Å²) in [4.78, 5) is 0. The summed E-state index contributed by atoms with van der Waals surface area (Å²) >= 11 is 0. The third-order valence-electron chi connectivity index (χ3n) is 1.40. The average molecular weight is 110 g/mol. The topological polar surface area (TPSA) is 12.0 Å². The first-order valence-electron chi connectivity index (χ1n) is 3.13. The Morgan fingerprint density at radius 3 is 3.00 bits per heavy atom. The molecule has 8 heavy (non-hydrogen) atoms. The molecule has 0 saturated heterocycles. The summed E-state index contributed by atoms with van der Waals surface area (Å²) in [6.07, 6.45) is 6.55. The molecular weight excluding hydrogens is 98.1 g/mol. The van der Waals surface area contributed by atoms with Crippen LogP contribution >= 0.6 is 0 Å². The Bertz CT molecular complexity index is 86.4. The minimum Gasteiger partial charge on any atom is -0.310 e. The van der Waals surface area contributed by atoms with Gasteiger partial charge in [0.1, 0.15) is 0 Å². The Hall–Kier alpha value is -0.300. The minimum absolute atomic E-state index is 0.545. The van der Waals surface area contributed by atoms with E-state index in [0.29, 0.717) is 6.04 Å². The number of hydrogen-bond acceptors (Lipinski definition) is 1. The lowest BCUT2D eigenvalue weighted by Crippen LogP contribution is -2.29. The third kappa shape index (κ3) is 1.34. The lowest BCUT2D eigenvalue weighted by Gasteiger charge is -2.15. The number of nitrogens with one attached hydrogen (secondary N) is 1. The van der Waals surface area contributed by atoms with Crippen LogP contribution < -0.4 is 5.32 Å². The minimum atomic E-state index is 0.545. The molecule has 1 heterocycles. The first-order valence-corrected chi connectivity index (χ1v) is 3.13. The van der Waals surface area contributed by atoms with Crippen molar-refractivity contribution in [1.82, 2.24) is 5.32 Å². The van der Waals surface area contributed by atoms with Gasteiger partial charge in [-0.15, -0.1) is 0 Å². The molecule has 0 aromatic rings. The van der Waals surface area contributed by atoms with Gasteiger partial charge in [0, 0.05) is 6.04 Å². The maximum Gasteiger partial charge on any atom is 0.0250 e. The Morgan fingerprint density at radius 2 is 2.62 bits per heavy atom. The normalized spacial score (nSPS) is 28.4. The summed E-state index contributed by atoms with van der Waals surface area (Å²) in [5.74, 6) is 0. The molecule has 1 nitrogen and oxygen atoms in total. The quantitative estimate of drug-likeness (QED) is 0.499. The highest BCUT2D eigenvalue weighted by atomic mass is 14.9. The lowest BCUT2D eigenvalue weighted by molar-refractivity contribution is 0.579. The van der Waals surface area contributed by atoms with E-state index in [4.69, 9.17) is 0 Å². The van der Waals surface area contributed by atoms with Crippen LogP contribution in [0.25, 0.3) is 0 Å².